The van der Waals surface area contributed by atoms with Crippen LogP contribution in [0.15, 0.2) is 0 Å². The van der Waals surface area contributed by atoms with E-state index in [9.17, 15) is 21.6 Å². The van der Waals surface area contributed by atoms with Crippen molar-refractivity contribution in [3.63, 3.8) is 0 Å². The summed E-state index contributed by atoms with van der Waals surface area (Å²) < 4.78 is 68.7. The minimum Gasteiger partial charge on any atom is -0.384 e. The Balaban J connectivity index is 0.00000400. The van der Waals surface area contributed by atoms with E-state index in [1.165, 1.54) is 12.0 Å². The van der Waals surface area contributed by atoms with Crippen molar-refractivity contribution < 1.29 is 26.3 Å². The first-order valence-corrected chi connectivity index (χ1v) is 7.89. The van der Waals surface area contributed by atoms with Gasteiger partial charge in [-0.15, -0.1) is 12.4 Å². The molecule has 0 aromatic heterocycles. The molecule has 1 saturated heterocycles. The molecule has 21 heavy (non-hydrogen) atoms. The van der Waals surface area contributed by atoms with Crippen molar-refractivity contribution in [2.24, 2.45) is 0 Å². The van der Waals surface area contributed by atoms with E-state index in [0.717, 1.165) is 0 Å². The van der Waals surface area contributed by atoms with E-state index in [2.05, 4.69) is 10.1 Å². The molecule has 0 saturated carbocycles. The molecule has 128 valence electrons. The predicted molar refractivity (Wildman–Crippen MR) is 75.2 cm³/mol. The van der Waals surface area contributed by atoms with Gasteiger partial charge in [0.1, 0.15) is 6.04 Å². The Morgan fingerprint density at radius 1 is 1.33 bits per heavy atom. The topological polar surface area (TPSA) is 70.7 Å². The monoisotopic (exact) mass is 355 g/mol. The van der Waals surface area contributed by atoms with Gasteiger partial charge >= 0.3 is 6.18 Å². The number of hydrogen-bond donors (Lipinski definition) is 2. The van der Waals surface area contributed by atoms with Gasteiger partial charge in [0.2, 0.25) is 10.0 Å². The molecule has 11 heteroatoms. The number of methoxy groups -OCH3 is 1. The summed E-state index contributed by atoms with van der Waals surface area (Å²) >= 11 is 0. The van der Waals surface area contributed by atoms with Gasteiger partial charge in [-0.1, -0.05) is 0 Å². The lowest BCUT2D eigenvalue weighted by Crippen LogP contribution is -2.57. The normalized spacial score (nSPS) is 19.0. The van der Waals surface area contributed by atoms with Crippen LogP contribution >= 0.6 is 12.4 Å². The Bertz CT molecular complexity index is 389. The largest absolute Gasteiger partial charge is 0.405 e. The van der Waals surface area contributed by atoms with Crippen LogP contribution in [0.1, 0.15) is 0 Å². The molecule has 6 nitrogen and oxygen atoms in total. The number of sulfonamides is 1. The molecule has 1 heterocycles. The van der Waals surface area contributed by atoms with E-state index >= 15 is 0 Å². The van der Waals surface area contributed by atoms with Crippen molar-refractivity contribution in [1.29, 1.82) is 0 Å². The number of rotatable bonds is 7. The van der Waals surface area contributed by atoms with Crippen molar-refractivity contribution in [2.45, 2.75) is 12.2 Å². The van der Waals surface area contributed by atoms with Crippen molar-refractivity contribution in [3.8, 4) is 0 Å². The summed E-state index contributed by atoms with van der Waals surface area (Å²) in [5.41, 5.74) is 0. The number of ether oxygens (including phenoxy) is 1. The Morgan fingerprint density at radius 3 is 2.38 bits per heavy atom. The number of nitrogens with zero attached hydrogens (tertiary/aromatic N) is 1. The Hall–Kier alpha value is -0.130. The van der Waals surface area contributed by atoms with Gasteiger partial charge in [-0.2, -0.15) is 13.2 Å². The first-order valence-electron chi connectivity index (χ1n) is 6.24. The second kappa shape index (κ2) is 9.11. The Kier molecular flexibility index (Phi) is 9.05. The Labute approximate surface area is 128 Å². The zero-order valence-electron chi connectivity index (χ0n) is 11.6. The van der Waals surface area contributed by atoms with E-state index in [0.29, 0.717) is 13.1 Å². The molecule has 2 N–H and O–H groups in total. The van der Waals surface area contributed by atoms with Crippen LogP contribution in [0.2, 0.25) is 0 Å². The maximum absolute atomic E-state index is 13.0. The number of piperazine rings is 1. The molecular weight excluding hydrogens is 335 g/mol. The highest BCUT2D eigenvalue weighted by molar-refractivity contribution is 7.89. The first kappa shape index (κ1) is 20.9. The van der Waals surface area contributed by atoms with Crippen molar-refractivity contribution in [2.75, 3.05) is 52.2 Å². The lowest BCUT2D eigenvalue weighted by atomic mass is 10.2. The highest BCUT2D eigenvalue weighted by atomic mass is 35.5. The molecule has 0 aliphatic carbocycles. The molecule has 1 rings (SSSR count). The lowest BCUT2D eigenvalue weighted by molar-refractivity contribution is -0.182. The highest BCUT2D eigenvalue weighted by Crippen LogP contribution is 2.24. The molecule has 1 fully saturated rings. The third-order valence-corrected chi connectivity index (χ3v) is 4.33. The van der Waals surface area contributed by atoms with Gasteiger partial charge in [-0.05, 0) is 0 Å². The number of halogens is 4. The minimum absolute atomic E-state index is 0. The smallest absolute Gasteiger partial charge is 0.384 e. The van der Waals surface area contributed by atoms with E-state index in [-0.39, 0.29) is 37.9 Å². The quantitative estimate of drug-likeness (QED) is 0.662. The number of hydrogen-bond acceptors (Lipinski definition) is 5. The fraction of sp³-hybridized carbons (Fsp3) is 1.00. The van der Waals surface area contributed by atoms with Crippen LogP contribution in [0.25, 0.3) is 0 Å². The molecule has 1 aliphatic heterocycles. The molecule has 0 spiro atoms. The van der Waals surface area contributed by atoms with Gasteiger partial charge in [0.05, 0.1) is 12.4 Å². The summed E-state index contributed by atoms with van der Waals surface area (Å²) in [6.45, 7) is 0.676. The zero-order chi connectivity index (χ0) is 15.2. The average Bonchev–Trinajstić information content (AvgIpc) is 2.36. The van der Waals surface area contributed by atoms with E-state index < -0.39 is 28.8 Å². The SMILES string of the molecule is COCCS(=O)(=O)NCC(N1CCNCC1)C(F)(F)F.Cl. The Morgan fingerprint density at radius 2 is 1.90 bits per heavy atom. The lowest BCUT2D eigenvalue weighted by Gasteiger charge is -2.35. The summed E-state index contributed by atoms with van der Waals surface area (Å²) in [7, 11) is -2.43. The first-order chi connectivity index (χ1) is 9.26. The van der Waals surface area contributed by atoms with E-state index in [1.807, 2.05) is 4.72 Å². The molecule has 0 amide bonds. The van der Waals surface area contributed by atoms with Crippen LogP contribution in [0.4, 0.5) is 13.2 Å². The summed E-state index contributed by atoms with van der Waals surface area (Å²) in [4.78, 5) is 1.25. The molecular formula is C10H21ClF3N3O3S. The molecule has 1 atom stereocenters. The van der Waals surface area contributed by atoms with Gasteiger partial charge < -0.3 is 10.1 Å². The zero-order valence-corrected chi connectivity index (χ0v) is 13.3. The van der Waals surface area contributed by atoms with Gasteiger partial charge in [0, 0.05) is 39.8 Å². The van der Waals surface area contributed by atoms with Gasteiger partial charge in [-0.25, -0.2) is 13.1 Å². The average molecular weight is 356 g/mol. The van der Waals surface area contributed by atoms with Crippen LogP contribution in [0, 0.1) is 0 Å². The van der Waals surface area contributed by atoms with Crippen LogP contribution in [0.3, 0.4) is 0 Å². The summed E-state index contributed by atoms with van der Waals surface area (Å²) in [5, 5.41) is 2.96. The third kappa shape index (κ3) is 7.61. The van der Waals surface area contributed by atoms with Crippen molar-refractivity contribution in [1.82, 2.24) is 14.9 Å². The minimum atomic E-state index is -4.47. The molecule has 0 aromatic rings. The molecule has 1 aliphatic rings. The summed E-state index contributed by atoms with van der Waals surface area (Å²) in [6.07, 6.45) is -4.47. The summed E-state index contributed by atoms with van der Waals surface area (Å²) in [5.74, 6) is -0.352. The van der Waals surface area contributed by atoms with Crippen molar-refractivity contribution in [3.05, 3.63) is 0 Å². The van der Waals surface area contributed by atoms with Crippen molar-refractivity contribution >= 4 is 22.4 Å². The fourth-order valence-electron chi connectivity index (χ4n) is 1.92. The molecule has 0 radical (unpaired) electrons. The number of nitrogens with one attached hydrogen (secondary N) is 2. The highest BCUT2D eigenvalue weighted by Gasteiger charge is 2.44. The molecule has 0 aromatic carbocycles. The van der Waals surface area contributed by atoms with E-state index in [1.54, 1.807) is 0 Å². The standard InChI is InChI=1S/C10H20F3N3O3S.ClH/c1-19-6-7-20(17,18)15-8-9(10(11,12)13)16-4-2-14-3-5-16;/h9,14-15H,2-8H2,1H3;1H. The predicted octanol–water partition coefficient (Wildman–Crippen LogP) is -0.190. The molecule has 0 bridgehead atoms. The molecule has 1 unspecified atom stereocenters. The maximum Gasteiger partial charge on any atom is 0.405 e. The van der Waals surface area contributed by atoms with Gasteiger partial charge in [-0.3, -0.25) is 4.90 Å². The maximum atomic E-state index is 13.0. The van der Waals surface area contributed by atoms with Gasteiger partial charge in [0.25, 0.3) is 0 Å². The van der Waals surface area contributed by atoms with Crippen LogP contribution in [-0.2, 0) is 14.8 Å². The van der Waals surface area contributed by atoms with Gasteiger partial charge in [0.15, 0.2) is 0 Å². The van der Waals surface area contributed by atoms with Crippen LogP contribution in [0.5, 0.6) is 0 Å². The fourth-order valence-corrected chi connectivity index (χ4v) is 2.86. The van der Waals surface area contributed by atoms with E-state index in [4.69, 9.17) is 0 Å². The van der Waals surface area contributed by atoms with Crippen LogP contribution in [-0.4, -0.2) is 77.7 Å². The third-order valence-electron chi connectivity index (χ3n) is 3.02. The van der Waals surface area contributed by atoms with Crippen LogP contribution < -0.4 is 10.0 Å². The second-order valence-electron chi connectivity index (χ2n) is 4.50. The second-order valence-corrected chi connectivity index (χ2v) is 6.43. The summed E-state index contributed by atoms with van der Waals surface area (Å²) in [6, 6.07) is -1.80. The number of alkyl halides is 3.